The number of carbonyl (C=O) groups is 2. The quantitative estimate of drug-likeness (QED) is 0.328. The molecule has 3 heterocycles. The van der Waals surface area contributed by atoms with Gasteiger partial charge in [0.05, 0.1) is 31.4 Å². The monoisotopic (exact) mass is 627 g/mol. The molecule has 0 spiro atoms. The predicted octanol–water partition coefficient (Wildman–Crippen LogP) is 4.99. The minimum atomic E-state index is -5.05. The maximum absolute atomic E-state index is 14.1. The number of halogens is 3. The first-order chi connectivity index (χ1) is 19.2. The SMILES string of the molecule is Cc1cccc2c1N(C(=O)C(F)(F)F)CC[C@@H]2N1Cc2cnc(S(C)(=O)=O)nc2N(CCO[Si](C)(C)C(C)(C)C)C1=O. The first-order valence-electron chi connectivity index (χ1n) is 13.5. The number of alkyl halides is 3. The Morgan fingerprint density at radius 3 is 2.45 bits per heavy atom. The fraction of sp³-hybridized carbons (Fsp3) is 0.556. The normalized spacial score (nSPS) is 18.2. The maximum atomic E-state index is 14.1. The van der Waals surface area contributed by atoms with Gasteiger partial charge in [0.25, 0.3) is 0 Å². The van der Waals surface area contributed by atoms with Gasteiger partial charge in [0, 0.05) is 24.6 Å². The van der Waals surface area contributed by atoms with Gasteiger partial charge in [0.1, 0.15) is 5.82 Å². The smallest absolute Gasteiger partial charge is 0.415 e. The molecule has 0 N–H and O–H groups in total. The number of anilines is 2. The Morgan fingerprint density at radius 1 is 1.19 bits per heavy atom. The van der Waals surface area contributed by atoms with Crippen LogP contribution in [0.4, 0.5) is 29.5 Å². The number of hydrogen-bond donors (Lipinski definition) is 0. The molecule has 2 aliphatic rings. The fourth-order valence-electron chi connectivity index (χ4n) is 4.97. The number of fused-ring (bicyclic) bond motifs is 2. The molecule has 10 nitrogen and oxygen atoms in total. The van der Waals surface area contributed by atoms with Crippen molar-refractivity contribution >= 4 is 41.6 Å². The average Bonchev–Trinajstić information content (AvgIpc) is 2.87. The van der Waals surface area contributed by atoms with Crippen LogP contribution >= 0.6 is 0 Å². The number of hydrogen-bond acceptors (Lipinski definition) is 7. The molecule has 1 aromatic carbocycles. The molecule has 1 aromatic heterocycles. The Bertz CT molecular complexity index is 1510. The second-order valence-corrected chi connectivity index (χ2v) is 18.9. The highest BCUT2D eigenvalue weighted by atomic mass is 32.2. The summed E-state index contributed by atoms with van der Waals surface area (Å²) in [7, 11) is -5.96. The summed E-state index contributed by atoms with van der Waals surface area (Å²) < 4.78 is 71.1. The third-order valence-electron chi connectivity index (χ3n) is 8.20. The van der Waals surface area contributed by atoms with Crippen molar-refractivity contribution in [2.24, 2.45) is 0 Å². The van der Waals surface area contributed by atoms with Crippen molar-refractivity contribution in [3.05, 3.63) is 41.1 Å². The topological polar surface area (TPSA) is 113 Å². The summed E-state index contributed by atoms with van der Waals surface area (Å²) in [5.74, 6) is -1.81. The Morgan fingerprint density at radius 2 is 1.86 bits per heavy atom. The van der Waals surface area contributed by atoms with Gasteiger partial charge in [-0.05, 0) is 42.6 Å². The molecule has 0 bridgehead atoms. The third-order valence-corrected chi connectivity index (χ3v) is 13.6. The molecule has 1 atom stereocenters. The van der Waals surface area contributed by atoms with Gasteiger partial charge >= 0.3 is 18.1 Å². The molecular weight excluding hydrogens is 591 g/mol. The van der Waals surface area contributed by atoms with Crippen LogP contribution in [0.1, 0.15) is 49.9 Å². The summed E-state index contributed by atoms with van der Waals surface area (Å²) in [5, 5.41) is -0.504. The van der Waals surface area contributed by atoms with Gasteiger partial charge in [-0.1, -0.05) is 39.0 Å². The first kappa shape index (κ1) is 31.9. The molecule has 0 saturated carbocycles. The van der Waals surface area contributed by atoms with Crippen LogP contribution in [0, 0.1) is 6.92 Å². The zero-order chi connectivity index (χ0) is 31.4. The summed E-state index contributed by atoms with van der Waals surface area (Å²) >= 11 is 0. The van der Waals surface area contributed by atoms with Crippen molar-refractivity contribution in [3.63, 3.8) is 0 Å². The highest BCUT2D eigenvalue weighted by Crippen LogP contribution is 2.44. The lowest BCUT2D eigenvalue weighted by molar-refractivity contribution is -0.170. The van der Waals surface area contributed by atoms with E-state index in [1.165, 1.54) is 16.0 Å². The molecular formula is C27H36F3N5O5SSi. The average molecular weight is 628 g/mol. The number of sulfone groups is 1. The number of nitrogens with zero attached hydrogens (tertiary/aromatic N) is 5. The standard InChI is InChI=1S/C27H36F3N5O5SSi/c1-17-9-8-10-19-20(11-12-33(21(17)19)23(36)27(28,29)30)35-16-18-15-31-24(41(5,38)39)32-22(18)34(25(35)37)13-14-40-42(6,7)26(2,3)4/h8-10,15,20H,11-14,16H2,1-7H3/t20-/m0/s1. The van der Waals surface area contributed by atoms with E-state index in [1.807, 2.05) is 0 Å². The molecule has 4 rings (SSSR count). The van der Waals surface area contributed by atoms with E-state index in [1.54, 1.807) is 25.1 Å². The number of urea groups is 1. The molecule has 3 amide bonds. The van der Waals surface area contributed by atoms with E-state index in [0.717, 1.165) is 11.2 Å². The molecule has 230 valence electrons. The zero-order valence-electron chi connectivity index (χ0n) is 24.7. The molecule has 2 aromatic rings. The lowest BCUT2D eigenvalue weighted by Crippen LogP contribution is -2.53. The molecule has 0 saturated heterocycles. The minimum absolute atomic E-state index is 0.00304. The van der Waals surface area contributed by atoms with Crippen molar-refractivity contribution in [3.8, 4) is 0 Å². The van der Waals surface area contributed by atoms with Crippen LogP contribution < -0.4 is 9.80 Å². The van der Waals surface area contributed by atoms with E-state index in [9.17, 15) is 31.2 Å². The van der Waals surface area contributed by atoms with Gasteiger partial charge < -0.3 is 14.2 Å². The van der Waals surface area contributed by atoms with E-state index in [2.05, 4.69) is 43.8 Å². The Balaban J connectivity index is 1.74. The third kappa shape index (κ3) is 6.04. The van der Waals surface area contributed by atoms with Crippen LogP contribution in [0.25, 0.3) is 0 Å². The number of aryl methyl sites for hydroxylation is 1. The van der Waals surface area contributed by atoms with Gasteiger partial charge in [-0.15, -0.1) is 0 Å². The van der Waals surface area contributed by atoms with Crippen molar-refractivity contribution in [1.82, 2.24) is 14.9 Å². The highest BCUT2D eigenvalue weighted by molar-refractivity contribution is 7.90. The largest absolute Gasteiger partial charge is 0.471 e. The molecule has 0 unspecified atom stereocenters. The number of benzene rings is 1. The van der Waals surface area contributed by atoms with Crippen molar-refractivity contribution < 1.29 is 35.6 Å². The minimum Gasteiger partial charge on any atom is -0.415 e. The van der Waals surface area contributed by atoms with E-state index < -0.39 is 47.5 Å². The van der Waals surface area contributed by atoms with Gasteiger partial charge in [0.15, 0.2) is 8.32 Å². The second kappa shape index (κ2) is 10.9. The van der Waals surface area contributed by atoms with Crippen molar-refractivity contribution in [2.45, 2.75) is 76.2 Å². The molecule has 0 aliphatic carbocycles. The maximum Gasteiger partial charge on any atom is 0.471 e. The number of amides is 3. The van der Waals surface area contributed by atoms with Crippen LogP contribution in [0.3, 0.4) is 0 Å². The summed E-state index contributed by atoms with van der Waals surface area (Å²) in [5.41, 5.74) is 1.51. The summed E-state index contributed by atoms with van der Waals surface area (Å²) in [6, 6.07) is 3.77. The van der Waals surface area contributed by atoms with Crippen LogP contribution in [-0.2, 0) is 25.6 Å². The number of aromatic nitrogens is 2. The van der Waals surface area contributed by atoms with Gasteiger partial charge in [0.2, 0.25) is 15.0 Å². The summed E-state index contributed by atoms with van der Waals surface area (Å²) in [4.78, 5) is 38.3. The van der Waals surface area contributed by atoms with Crippen molar-refractivity contribution in [1.29, 1.82) is 0 Å². The van der Waals surface area contributed by atoms with Gasteiger partial charge in [-0.25, -0.2) is 23.2 Å². The fourth-order valence-corrected chi connectivity index (χ4v) is 6.51. The van der Waals surface area contributed by atoms with Crippen molar-refractivity contribution in [2.75, 3.05) is 35.8 Å². The van der Waals surface area contributed by atoms with Crippen LogP contribution in [0.15, 0.2) is 29.6 Å². The Hall–Kier alpha value is -3.04. The van der Waals surface area contributed by atoms with E-state index in [-0.39, 0.29) is 49.2 Å². The Labute approximate surface area is 244 Å². The second-order valence-electron chi connectivity index (χ2n) is 12.2. The zero-order valence-corrected chi connectivity index (χ0v) is 26.6. The molecule has 0 radical (unpaired) electrons. The summed E-state index contributed by atoms with van der Waals surface area (Å²) in [6.07, 6.45) is -2.65. The van der Waals surface area contributed by atoms with Gasteiger partial charge in [-0.3, -0.25) is 9.69 Å². The molecule has 42 heavy (non-hydrogen) atoms. The molecule has 2 aliphatic heterocycles. The van der Waals surface area contributed by atoms with E-state index in [4.69, 9.17) is 4.43 Å². The molecule has 15 heteroatoms. The van der Waals surface area contributed by atoms with Crippen LogP contribution in [0.2, 0.25) is 18.1 Å². The Kier molecular flexibility index (Phi) is 8.28. The number of carbonyl (C=O) groups excluding carboxylic acids is 2. The lowest BCUT2D eigenvalue weighted by atomic mass is 9.91. The van der Waals surface area contributed by atoms with E-state index in [0.29, 0.717) is 16.7 Å². The van der Waals surface area contributed by atoms with Gasteiger partial charge in [-0.2, -0.15) is 13.2 Å². The molecule has 0 fully saturated rings. The first-order valence-corrected chi connectivity index (χ1v) is 18.3. The van der Waals surface area contributed by atoms with E-state index >= 15 is 0 Å². The number of rotatable bonds is 6. The highest BCUT2D eigenvalue weighted by Gasteiger charge is 2.47. The van der Waals surface area contributed by atoms with Crippen LogP contribution in [0.5, 0.6) is 0 Å². The lowest BCUT2D eigenvalue weighted by Gasteiger charge is -2.44. The predicted molar refractivity (Wildman–Crippen MR) is 154 cm³/mol. The number of para-hydroxylation sites is 1. The van der Waals surface area contributed by atoms with Crippen LogP contribution in [-0.4, -0.2) is 75.7 Å². The summed E-state index contributed by atoms with van der Waals surface area (Å²) in [6.45, 7) is 12.0.